The van der Waals surface area contributed by atoms with Crippen molar-refractivity contribution in [2.45, 2.75) is 31.7 Å². The fourth-order valence-electron chi connectivity index (χ4n) is 3.52. The monoisotopic (exact) mass is 316 g/mol. The standard InChI is InChI=1S/C18H24N2O3/c1-23-16-6-4-14(5-7-16)17(21)8-9-18(22)20-12-11-19-10-2-3-15(19)13-20/h4-7,15H,2-3,8-13H2,1H3/t15-/m1/s1. The molecule has 2 saturated heterocycles. The molecule has 3 rings (SSSR count). The second-order valence-electron chi connectivity index (χ2n) is 6.32. The second-order valence-corrected chi connectivity index (χ2v) is 6.32. The van der Waals surface area contributed by atoms with Gasteiger partial charge in [-0.3, -0.25) is 14.5 Å². The molecule has 0 aromatic heterocycles. The first-order valence-corrected chi connectivity index (χ1v) is 8.36. The van der Waals surface area contributed by atoms with Crippen LogP contribution in [0.15, 0.2) is 24.3 Å². The molecule has 23 heavy (non-hydrogen) atoms. The van der Waals surface area contributed by atoms with Crippen molar-refractivity contribution in [2.75, 3.05) is 33.3 Å². The molecular formula is C18H24N2O3. The summed E-state index contributed by atoms with van der Waals surface area (Å²) in [4.78, 5) is 29.0. The summed E-state index contributed by atoms with van der Waals surface area (Å²) in [5.41, 5.74) is 0.638. The zero-order valence-electron chi connectivity index (χ0n) is 13.7. The number of nitrogens with zero attached hydrogens (tertiary/aromatic N) is 2. The minimum absolute atomic E-state index is 0.0144. The number of methoxy groups -OCH3 is 1. The largest absolute Gasteiger partial charge is 0.497 e. The van der Waals surface area contributed by atoms with Gasteiger partial charge in [0.1, 0.15) is 5.75 Å². The maximum absolute atomic E-state index is 12.4. The van der Waals surface area contributed by atoms with E-state index < -0.39 is 0 Å². The predicted octanol–water partition coefficient (Wildman–Crippen LogP) is 1.96. The van der Waals surface area contributed by atoms with Crippen molar-refractivity contribution in [1.82, 2.24) is 9.80 Å². The first-order valence-electron chi connectivity index (χ1n) is 8.36. The van der Waals surface area contributed by atoms with Crippen LogP contribution < -0.4 is 4.74 Å². The Morgan fingerprint density at radius 1 is 1.13 bits per heavy atom. The third kappa shape index (κ3) is 3.72. The number of benzene rings is 1. The molecule has 2 aliphatic heterocycles. The van der Waals surface area contributed by atoms with E-state index in [0.29, 0.717) is 18.0 Å². The van der Waals surface area contributed by atoms with Gasteiger partial charge in [0.05, 0.1) is 7.11 Å². The van der Waals surface area contributed by atoms with Gasteiger partial charge in [-0.15, -0.1) is 0 Å². The van der Waals surface area contributed by atoms with E-state index in [2.05, 4.69) is 4.90 Å². The van der Waals surface area contributed by atoms with Crippen molar-refractivity contribution in [3.63, 3.8) is 0 Å². The molecule has 0 unspecified atom stereocenters. The summed E-state index contributed by atoms with van der Waals surface area (Å²) in [6.45, 7) is 3.77. The lowest BCUT2D eigenvalue weighted by molar-refractivity contribution is -0.133. The molecule has 1 atom stereocenters. The topological polar surface area (TPSA) is 49.9 Å². The van der Waals surface area contributed by atoms with Gasteiger partial charge in [0.15, 0.2) is 5.78 Å². The van der Waals surface area contributed by atoms with Gasteiger partial charge in [-0.05, 0) is 43.7 Å². The Morgan fingerprint density at radius 2 is 1.91 bits per heavy atom. The van der Waals surface area contributed by atoms with Crippen LogP contribution >= 0.6 is 0 Å². The number of piperazine rings is 1. The molecule has 0 saturated carbocycles. The van der Waals surface area contributed by atoms with E-state index in [4.69, 9.17) is 4.74 Å². The Morgan fingerprint density at radius 3 is 2.65 bits per heavy atom. The maximum Gasteiger partial charge on any atom is 0.223 e. The van der Waals surface area contributed by atoms with Gasteiger partial charge in [-0.2, -0.15) is 0 Å². The van der Waals surface area contributed by atoms with E-state index in [9.17, 15) is 9.59 Å². The lowest BCUT2D eigenvalue weighted by Crippen LogP contribution is -2.52. The number of carbonyl (C=O) groups excluding carboxylic acids is 2. The fourth-order valence-corrected chi connectivity index (χ4v) is 3.52. The predicted molar refractivity (Wildman–Crippen MR) is 87.7 cm³/mol. The highest BCUT2D eigenvalue weighted by molar-refractivity contribution is 5.98. The number of hydrogen-bond donors (Lipinski definition) is 0. The highest BCUT2D eigenvalue weighted by atomic mass is 16.5. The number of fused-ring (bicyclic) bond motifs is 1. The molecule has 1 aromatic carbocycles. The highest BCUT2D eigenvalue weighted by Gasteiger charge is 2.32. The number of carbonyl (C=O) groups is 2. The van der Waals surface area contributed by atoms with E-state index in [-0.39, 0.29) is 18.1 Å². The summed E-state index contributed by atoms with van der Waals surface area (Å²) in [6, 6.07) is 7.58. The van der Waals surface area contributed by atoms with Gasteiger partial charge in [0.2, 0.25) is 5.91 Å². The van der Waals surface area contributed by atoms with Crippen molar-refractivity contribution in [1.29, 1.82) is 0 Å². The number of Topliss-reactive ketones (excluding diaryl/α,β-unsaturated/α-hetero) is 1. The van der Waals surface area contributed by atoms with Crippen molar-refractivity contribution in [2.24, 2.45) is 0 Å². The average Bonchev–Trinajstić information content (AvgIpc) is 3.07. The summed E-state index contributed by atoms with van der Waals surface area (Å²) in [5, 5.41) is 0. The summed E-state index contributed by atoms with van der Waals surface area (Å²) >= 11 is 0. The van der Waals surface area contributed by atoms with E-state index in [1.165, 1.54) is 19.4 Å². The van der Waals surface area contributed by atoms with Crippen LogP contribution in [0.5, 0.6) is 5.75 Å². The summed E-state index contributed by atoms with van der Waals surface area (Å²) in [7, 11) is 1.60. The molecule has 0 N–H and O–H groups in total. The van der Waals surface area contributed by atoms with E-state index in [1.807, 2.05) is 4.90 Å². The van der Waals surface area contributed by atoms with Crippen molar-refractivity contribution in [3.05, 3.63) is 29.8 Å². The van der Waals surface area contributed by atoms with Crippen LogP contribution in [0.2, 0.25) is 0 Å². The number of rotatable bonds is 5. The molecule has 0 spiro atoms. The summed E-state index contributed by atoms with van der Waals surface area (Å²) < 4.78 is 5.08. The third-order valence-electron chi connectivity index (χ3n) is 4.92. The highest BCUT2D eigenvalue weighted by Crippen LogP contribution is 2.22. The molecule has 1 aromatic rings. The van der Waals surface area contributed by atoms with Gasteiger partial charge in [0, 0.05) is 44.1 Å². The van der Waals surface area contributed by atoms with Gasteiger partial charge in [-0.25, -0.2) is 0 Å². The second kappa shape index (κ2) is 7.13. The summed E-state index contributed by atoms with van der Waals surface area (Å²) in [5.74, 6) is 0.853. The molecule has 1 amide bonds. The van der Waals surface area contributed by atoms with E-state index >= 15 is 0 Å². The average molecular weight is 316 g/mol. The summed E-state index contributed by atoms with van der Waals surface area (Å²) in [6.07, 6.45) is 3.00. The first kappa shape index (κ1) is 16.0. The Hall–Kier alpha value is -1.88. The van der Waals surface area contributed by atoms with Crippen LogP contribution in [0, 0.1) is 0 Å². The Balaban J connectivity index is 1.49. The minimum atomic E-state index is 0.0144. The lowest BCUT2D eigenvalue weighted by Gasteiger charge is -2.37. The molecule has 0 bridgehead atoms. The SMILES string of the molecule is COc1ccc(C(=O)CCC(=O)N2CCN3CCC[C@@H]3C2)cc1. The van der Waals surface area contributed by atoms with Gasteiger partial charge in [-0.1, -0.05) is 0 Å². The van der Waals surface area contributed by atoms with E-state index in [1.54, 1.807) is 31.4 Å². The van der Waals surface area contributed by atoms with Crippen LogP contribution in [-0.4, -0.2) is 60.8 Å². The Kier molecular flexibility index (Phi) is 4.96. The maximum atomic E-state index is 12.4. The molecule has 2 fully saturated rings. The molecule has 124 valence electrons. The van der Waals surface area contributed by atoms with Gasteiger partial charge in [0.25, 0.3) is 0 Å². The number of ether oxygens (including phenoxy) is 1. The third-order valence-corrected chi connectivity index (χ3v) is 4.92. The van der Waals surface area contributed by atoms with Crippen LogP contribution in [0.4, 0.5) is 0 Å². The smallest absolute Gasteiger partial charge is 0.223 e. The van der Waals surface area contributed by atoms with Crippen LogP contribution in [0.1, 0.15) is 36.0 Å². The van der Waals surface area contributed by atoms with Gasteiger partial charge >= 0.3 is 0 Å². The molecule has 5 heteroatoms. The Labute approximate surface area is 137 Å². The molecule has 0 aliphatic carbocycles. The van der Waals surface area contributed by atoms with E-state index in [0.717, 1.165) is 25.4 Å². The van der Waals surface area contributed by atoms with Crippen molar-refractivity contribution in [3.8, 4) is 5.75 Å². The molecule has 0 radical (unpaired) electrons. The Bertz CT molecular complexity index is 570. The van der Waals surface area contributed by atoms with Crippen molar-refractivity contribution >= 4 is 11.7 Å². The number of hydrogen-bond acceptors (Lipinski definition) is 4. The zero-order chi connectivity index (χ0) is 16.2. The van der Waals surface area contributed by atoms with Crippen LogP contribution in [0.3, 0.4) is 0 Å². The van der Waals surface area contributed by atoms with Crippen LogP contribution in [0.25, 0.3) is 0 Å². The quantitative estimate of drug-likeness (QED) is 0.779. The molecular weight excluding hydrogens is 292 g/mol. The fraction of sp³-hybridized carbons (Fsp3) is 0.556. The zero-order valence-corrected chi connectivity index (χ0v) is 13.7. The normalized spacial score (nSPS) is 21.1. The molecule has 2 aliphatic rings. The minimum Gasteiger partial charge on any atom is -0.497 e. The van der Waals surface area contributed by atoms with Crippen LogP contribution in [-0.2, 0) is 4.79 Å². The van der Waals surface area contributed by atoms with Gasteiger partial charge < -0.3 is 9.64 Å². The first-order chi connectivity index (χ1) is 11.2. The molecule has 5 nitrogen and oxygen atoms in total. The lowest BCUT2D eigenvalue weighted by atomic mass is 10.1. The van der Waals surface area contributed by atoms with Crippen molar-refractivity contribution < 1.29 is 14.3 Å². The number of ketones is 1. The molecule has 2 heterocycles. The number of amides is 1.